The Morgan fingerprint density at radius 1 is 1.37 bits per heavy atom. The van der Waals surface area contributed by atoms with Gasteiger partial charge >= 0.3 is 5.97 Å². The number of halogens is 1. The standard InChI is InChI=1S/C16H21BrO2/c1-2-11-7-8-14(16(18)19)13(9-11)10-12-5-3-4-6-15(12)17/h3-6,11,13-14H,2,7-10H2,1H3,(H,18,19). The van der Waals surface area contributed by atoms with E-state index in [1.165, 1.54) is 12.0 Å². The lowest BCUT2D eigenvalue weighted by Gasteiger charge is -2.34. The quantitative estimate of drug-likeness (QED) is 0.884. The number of carboxylic acid groups (broad SMARTS) is 1. The highest BCUT2D eigenvalue weighted by atomic mass is 79.9. The van der Waals surface area contributed by atoms with E-state index in [2.05, 4.69) is 28.9 Å². The molecule has 3 heteroatoms. The molecule has 0 amide bonds. The summed E-state index contributed by atoms with van der Waals surface area (Å²) in [5.74, 6) is 0.180. The molecule has 0 aromatic heterocycles. The first-order valence-corrected chi connectivity index (χ1v) is 7.87. The molecule has 0 saturated heterocycles. The average Bonchev–Trinajstić information content (AvgIpc) is 2.41. The van der Waals surface area contributed by atoms with Crippen molar-refractivity contribution in [2.75, 3.05) is 0 Å². The molecule has 1 N–H and O–H groups in total. The number of aliphatic carboxylic acids is 1. The Bertz CT molecular complexity index is 444. The molecule has 1 aromatic rings. The zero-order chi connectivity index (χ0) is 13.8. The van der Waals surface area contributed by atoms with Gasteiger partial charge < -0.3 is 5.11 Å². The van der Waals surface area contributed by atoms with Crippen LogP contribution in [0.25, 0.3) is 0 Å². The Labute approximate surface area is 123 Å². The second kappa shape index (κ2) is 6.56. The summed E-state index contributed by atoms with van der Waals surface area (Å²) < 4.78 is 1.10. The first-order chi connectivity index (χ1) is 9.11. The van der Waals surface area contributed by atoms with Gasteiger partial charge in [0, 0.05) is 4.47 Å². The van der Waals surface area contributed by atoms with Gasteiger partial charge in [0.25, 0.3) is 0 Å². The molecule has 0 spiro atoms. The van der Waals surface area contributed by atoms with Crippen molar-refractivity contribution in [2.45, 2.75) is 39.0 Å². The molecule has 104 valence electrons. The van der Waals surface area contributed by atoms with E-state index in [1.807, 2.05) is 18.2 Å². The van der Waals surface area contributed by atoms with Gasteiger partial charge in [-0.1, -0.05) is 47.5 Å². The summed E-state index contributed by atoms with van der Waals surface area (Å²) in [5.41, 5.74) is 1.23. The van der Waals surface area contributed by atoms with E-state index in [4.69, 9.17) is 0 Å². The molecule has 1 aliphatic rings. The van der Waals surface area contributed by atoms with E-state index in [1.54, 1.807) is 0 Å². The van der Waals surface area contributed by atoms with Gasteiger partial charge in [-0.25, -0.2) is 0 Å². The van der Waals surface area contributed by atoms with Crippen molar-refractivity contribution in [1.29, 1.82) is 0 Å². The molecule has 3 unspecified atom stereocenters. The van der Waals surface area contributed by atoms with Crippen LogP contribution in [0.1, 0.15) is 38.2 Å². The molecule has 1 fully saturated rings. The molecule has 0 aliphatic heterocycles. The molecule has 1 aromatic carbocycles. The number of carboxylic acids is 1. The zero-order valence-electron chi connectivity index (χ0n) is 11.3. The van der Waals surface area contributed by atoms with Crippen molar-refractivity contribution in [3.05, 3.63) is 34.3 Å². The van der Waals surface area contributed by atoms with Crippen LogP contribution in [0, 0.1) is 17.8 Å². The van der Waals surface area contributed by atoms with Gasteiger partial charge in [0.2, 0.25) is 0 Å². The zero-order valence-corrected chi connectivity index (χ0v) is 12.9. The highest BCUT2D eigenvalue weighted by Gasteiger charge is 2.34. The van der Waals surface area contributed by atoms with Crippen LogP contribution in [0.4, 0.5) is 0 Å². The van der Waals surface area contributed by atoms with Gasteiger partial charge in [-0.2, -0.15) is 0 Å². The summed E-state index contributed by atoms with van der Waals surface area (Å²) in [6, 6.07) is 8.15. The number of rotatable bonds is 4. The van der Waals surface area contributed by atoms with E-state index in [-0.39, 0.29) is 11.8 Å². The predicted molar refractivity (Wildman–Crippen MR) is 80.1 cm³/mol. The normalized spacial score (nSPS) is 27.2. The second-order valence-corrected chi connectivity index (χ2v) is 6.44. The fourth-order valence-corrected chi connectivity index (χ4v) is 3.68. The van der Waals surface area contributed by atoms with E-state index >= 15 is 0 Å². The third kappa shape index (κ3) is 3.59. The summed E-state index contributed by atoms with van der Waals surface area (Å²) in [7, 11) is 0. The summed E-state index contributed by atoms with van der Waals surface area (Å²) in [4.78, 5) is 11.4. The fourth-order valence-electron chi connectivity index (χ4n) is 3.23. The van der Waals surface area contributed by atoms with Crippen molar-refractivity contribution in [2.24, 2.45) is 17.8 Å². The first kappa shape index (κ1) is 14.6. The Balaban J connectivity index is 2.13. The lowest BCUT2D eigenvalue weighted by Crippen LogP contribution is -2.32. The van der Waals surface area contributed by atoms with Crippen LogP contribution in [-0.4, -0.2) is 11.1 Å². The molecular weight excluding hydrogens is 304 g/mol. The summed E-state index contributed by atoms with van der Waals surface area (Å²) in [6.45, 7) is 2.21. The maximum absolute atomic E-state index is 11.4. The van der Waals surface area contributed by atoms with Gasteiger partial charge in [-0.05, 0) is 49.1 Å². The minimum Gasteiger partial charge on any atom is -0.481 e. The third-order valence-electron chi connectivity index (χ3n) is 4.43. The molecule has 0 heterocycles. The second-order valence-electron chi connectivity index (χ2n) is 5.59. The summed E-state index contributed by atoms with van der Waals surface area (Å²) >= 11 is 3.56. The molecule has 1 aliphatic carbocycles. The maximum Gasteiger partial charge on any atom is 0.306 e. The number of hydrogen-bond acceptors (Lipinski definition) is 1. The molecule has 19 heavy (non-hydrogen) atoms. The van der Waals surface area contributed by atoms with Crippen molar-refractivity contribution >= 4 is 21.9 Å². The minimum absolute atomic E-state index is 0.171. The molecule has 1 saturated carbocycles. The molecule has 3 atom stereocenters. The highest BCUT2D eigenvalue weighted by molar-refractivity contribution is 9.10. The van der Waals surface area contributed by atoms with Crippen molar-refractivity contribution in [3.8, 4) is 0 Å². The van der Waals surface area contributed by atoms with E-state index in [9.17, 15) is 9.90 Å². The average molecular weight is 325 g/mol. The van der Waals surface area contributed by atoms with E-state index in [0.29, 0.717) is 5.92 Å². The molecular formula is C16H21BrO2. The highest BCUT2D eigenvalue weighted by Crippen LogP contribution is 2.38. The Morgan fingerprint density at radius 2 is 2.11 bits per heavy atom. The number of benzene rings is 1. The van der Waals surface area contributed by atoms with Crippen LogP contribution < -0.4 is 0 Å². The van der Waals surface area contributed by atoms with Crippen LogP contribution in [0.2, 0.25) is 0 Å². The van der Waals surface area contributed by atoms with Crippen molar-refractivity contribution in [3.63, 3.8) is 0 Å². The monoisotopic (exact) mass is 324 g/mol. The Kier molecular flexibility index (Phi) is 5.03. The number of hydrogen-bond donors (Lipinski definition) is 1. The lowest BCUT2D eigenvalue weighted by molar-refractivity contribution is -0.145. The summed E-state index contributed by atoms with van der Waals surface area (Å²) in [5, 5.41) is 9.40. The molecule has 0 bridgehead atoms. The smallest absolute Gasteiger partial charge is 0.306 e. The third-order valence-corrected chi connectivity index (χ3v) is 5.20. The van der Waals surface area contributed by atoms with E-state index in [0.717, 1.165) is 30.2 Å². The van der Waals surface area contributed by atoms with Crippen molar-refractivity contribution in [1.82, 2.24) is 0 Å². The lowest BCUT2D eigenvalue weighted by atomic mass is 9.71. The molecule has 2 nitrogen and oxygen atoms in total. The minimum atomic E-state index is -0.619. The van der Waals surface area contributed by atoms with Crippen LogP contribution >= 0.6 is 15.9 Å². The Morgan fingerprint density at radius 3 is 2.74 bits per heavy atom. The van der Waals surface area contributed by atoms with Crippen LogP contribution in [0.15, 0.2) is 28.7 Å². The largest absolute Gasteiger partial charge is 0.481 e. The van der Waals surface area contributed by atoms with Gasteiger partial charge in [-0.3, -0.25) is 4.79 Å². The van der Waals surface area contributed by atoms with Crippen LogP contribution in [0.5, 0.6) is 0 Å². The summed E-state index contributed by atoms with van der Waals surface area (Å²) in [6.07, 6.45) is 4.99. The fraction of sp³-hybridized carbons (Fsp3) is 0.562. The van der Waals surface area contributed by atoms with Crippen LogP contribution in [-0.2, 0) is 11.2 Å². The van der Waals surface area contributed by atoms with Gasteiger partial charge in [-0.15, -0.1) is 0 Å². The topological polar surface area (TPSA) is 37.3 Å². The van der Waals surface area contributed by atoms with Gasteiger partial charge in [0.1, 0.15) is 0 Å². The number of carbonyl (C=O) groups is 1. The predicted octanol–water partition coefficient (Wildman–Crippen LogP) is 4.52. The van der Waals surface area contributed by atoms with Crippen LogP contribution in [0.3, 0.4) is 0 Å². The SMILES string of the molecule is CCC1CCC(C(=O)O)C(Cc2ccccc2Br)C1. The Hall–Kier alpha value is -0.830. The van der Waals surface area contributed by atoms with Gasteiger partial charge in [0.15, 0.2) is 0 Å². The first-order valence-electron chi connectivity index (χ1n) is 7.08. The maximum atomic E-state index is 11.4. The molecule has 2 rings (SSSR count). The van der Waals surface area contributed by atoms with Crippen molar-refractivity contribution < 1.29 is 9.90 Å². The molecule has 0 radical (unpaired) electrons. The van der Waals surface area contributed by atoms with Gasteiger partial charge in [0.05, 0.1) is 5.92 Å². The van der Waals surface area contributed by atoms with E-state index < -0.39 is 5.97 Å².